The van der Waals surface area contributed by atoms with E-state index in [9.17, 15) is 14.4 Å². The molecule has 9 nitrogen and oxygen atoms in total. The summed E-state index contributed by atoms with van der Waals surface area (Å²) in [5.74, 6) is 0.560. The number of rotatable bonds is 27. The number of nitrogens with zero attached hydrogens (tertiary/aromatic N) is 2. The Morgan fingerprint density at radius 1 is 0.786 bits per heavy atom. The number of nitrogen functional groups attached to an aromatic ring is 1. The maximum atomic E-state index is 13.3. The highest BCUT2D eigenvalue weighted by molar-refractivity contribution is 5.88. The zero-order valence-corrected chi connectivity index (χ0v) is 26.7. The van der Waals surface area contributed by atoms with Crippen LogP contribution >= 0.6 is 0 Å². The van der Waals surface area contributed by atoms with E-state index in [1.165, 1.54) is 83.5 Å². The topological polar surface area (TPSA) is 130 Å². The molecule has 0 saturated carbocycles. The van der Waals surface area contributed by atoms with Gasteiger partial charge in [0.2, 0.25) is 5.95 Å². The van der Waals surface area contributed by atoms with Gasteiger partial charge in [0.05, 0.1) is 13.3 Å². The number of ether oxygens (including phenoxy) is 1. The molecule has 0 saturated heterocycles. The van der Waals surface area contributed by atoms with Crippen molar-refractivity contribution in [1.82, 2.24) is 9.97 Å². The molecule has 1 aromatic rings. The van der Waals surface area contributed by atoms with E-state index in [4.69, 9.17) is 10.5 Å². The zero-order chi connectivity index (χ0) is 30.4. The highest BCUT2D eigenvalue weighted by Crippen LogP contribution is 2.29. The third-order valence-corrected chi connectivity index (χ3v) is 8.14. The van der Waals surface area contributed by atoms with E-state index in [0.717, 1.165) is 32.1 Å². The van der Waals surface area contributed by atoms with Crippen LogP contribution in [0.5, 0.6) is 0 Å². The third kappa shape index (κ3) is 14.2. The summed E-state index contributed by atoms with van der Waals surface area (Å²) in [4.78, 5) is 46.5. The van der Waals surface area contributed by atoms with Gasteiger partial charge in [-0.05, 0) is 19.3 Å². The number of anilines is 3. The predicted molar refractivity (Wildman–Crippen MR) is 173 cm³/mol. The number of carbonyl (C=O) groups is 2. The number of nitrogens with two attached hydrogens (primary N) is 1. The minimum Gasteiger partial charge on any atom is -0.369 e. The standard InChI is InChI=1S/C33H59N5O4/c1-3-5-7-9-11-13-15-17-19-22-27(39)23-21-25-42-32(28(40)24-20-18-16-14-12-10-8-6-4-2)38-26-35-29-30(38)36-33(34)37-31(29)41/h32,35H,3-26H2,1-2H3,(H3,34,36,37,41). The lowest BCUT2D eigenvalue weighted by atomic mass is 10.0. The number of hydrogen-bond acceptors (Lipinski definition) is 8. The Morgan fingerprint density at radius 2 is 1.29 bits per heavy atom. The number of unbranched alkanes of at least 4 members (excludes halogenated alkanes) is 16. The smallest absolute Gasteiger partial charge is 0.277 e. The number of H-pyrrole nitrogens is 1. The fourth-order valence-corrected chi connectivity index (χ4v) is 5.59. The first-order valence-electron chi connectivity index (χ1n) is 17.0. The fourth-order valence-electron chi connectivity index (χ4n) is 5.59. The van der Waals surface area contributed by atoms with Gasteiger partial charge in [-0.25, -0.2) is 0 Å². The second kappa shape index (κ2) is 22.2. The summed E-state index contributed by atoms with van der Waals surface area (Å²) in [5, 5.41) is 3.02. The zero-order valence-electron chi connectivity index (χ0n) is 26.7. The van der Waals surface area contributed by atoms with Crippen LogP contribution in [0.1, 0.15) is 155 Å². The number of carbonyl (C=O) groups excluding carboxylic acids is 2. The number of nitrogens with one attached hydrogen (secondary N) is 2. The van der Waals surface area contributed by atoms with Crippen molar-refractivity contribution in [2.24, 2.45) is 0 Å². The Hall–Kier alpha value is -2.42. The molecule has 0 spiro atoms. The van der Waals surface area contributed by atoms with Crippen LogP contribution in [0.4, 0.5) is 17.5 Å². The lowest BCUT2D eigenvalue weighted by Crippen LogP contribution is -2.44. The van der Waals surface area contributed by atoms with Crippen LogP contribution in [0.3, 0.4) is 0 Å². The molecule has 2 rings (SSSR count). The molecular formula is C33H59N5O4. The summed E-state index contributed by atoms with van der Waals surface area (Å²) in [5.41, 5.74) is 5.72. The molecule has 4 N–H and O–H groups in total. The number of aromatic amines is 1. The Kier molecular flexibility index (Phi) is 18.9. The van der Waals surface area contributed by atoms with Gasteiger partial charge in [-0.3, -0.25) is 19.4 Å². The summed E-state index contributed by atoms with van der Waals surface area (Å²) in [6.07, 6.45) is 22.9. The molecule has 1 aliphatic rings. The Bertz CT molecular complexity index is 951. The van der Waals surface area contributed by atoms with Gasteiger partial charge in [-0.2, -0.15) is 4.98 Å². The van der Waals surface area contributed by atoms with Gasteiger partial charge in [-0.15, -0.1) is 0 Å². The number of Topliss-reactive ketones (excluding diaryl/α,β-unsaturated/α-hetero) is 2. The molecule has 0 aliphatic carbocycles. The van der Waals surface area contributed by atoms with Crippen LogP contribution in [-0.2, 0) is 14.3 Å². The van der Waals surface area contributed by atoms with Crippen molar-refractivity contribution in [3.63, 3.8) is 0 Å². The second-order valence-electron chi connectivity index (χ2n) is 11.9. The van der Waals surface area contributed by atoms with Gasteiger partial charge < -0.3 is 20.7 Å². The number of fused-ring (bicyclic) bond motifs is 1. The Labute approximate surface area is 254 Å². The highest BCUT2D eigenvalue weighted by Gasteiger charge is 2.34. The van der Waals surface area contributed by atoms with E-state index in [0.29, 0.717) is 43.8 Å². The van der Waals surface area contributed by atoms with Crippen molar-refractivity contribution in [3.05, 3.63) is 10.4 Å². The van der Waals surface area contributed by atoms with Gasteiger partial charge in [0.25, 0.3) is 5.56 Å². The van der Waals surface area contributed by atoms with Gasteiger partial charge in [0, 0.05) is 19.3 Å². The molecular weight excluding hydrogens is 530 g/mol. The summed E-state index contributed by atoms with van der Waals surface area (Å²) >= 11 is 0. The molecule has 1 aliphatic heterocycles. The first-order chi connectivity index (χ1) is 20.5. The summed E-state index contributed by atoms with van der Waals surface area (Å²) < 4.78 is 6.10. The molecule has 0 aromatic carbocycles. The maximum absolute atomic E-state index is 13.3. The predicted octanol–water partition coefficient (Wildman–Crippen LogP) is 7.64. The maximum Gasteiger partial charge on any atom is 0.277 e. The molecule has 2 heterocycles. The van der Waals surface area contributed by atoms with Crippen molar-refractivity contribution in [3.8, 4) is 0 Å². The minimum absolute atomic E-state index is 0.000301. The van der Waals surface area contributed by atoms with Crippen molar-refractivity contribution in [2.75, 3.05) is 29.2 Å². The van der Waals surface area contributed by atoms with E-state index < -0.39 is 6.23 Å². The van der Waals surface area contributed by atoms with Crippen LogP contribution in [0, 0.1) is 0 Å². The van der Waals surface area contributed by atoms with Crippen molar-refractivity contribution in [2.45, 2.75) is 161 Å². The minimum atomic E-state index is -0.867. The summed E-state index contributed by atoms with van der Waals surface area (Å²) in [6.45, 7) is 5.00. The van der Waals surface area contributed by atoms with Crippen LogP contribution < -0.4 is 21.5 Å². The summed E-state index contributed by atoms with van der Waals surface area (Å²) in [7, 11) is 0. The molecule has 240 valence electrons. The molecule has 1 unspecified atom stereocenters. The van der Waals surface area contributed by atoms with Gasteiger partial charge in [0.1, 0.15) is 11.5 Å². The van der Waals surface area contributed by atoms with Crippen LogP contribution in [-0.4, -0.2) is 41.0 Å². The fraction of sp³-hybridized carbons (Fsp3) is 0.818. The molecule has 0 radical (unpaired) electrons. The second-order valence-corrected chi connectivity index (χ2v) is 11.9. The quantitative estimate of drug-likeness (QED) is 0.0892. The third-order valence-electron chi connectivity index (χ3n) is 8.14. The highest BCUT2D eigenvalue weighted by atomic mass is 16.5. The number of ketones is 2. The van der Waals surface area contributed by atoms with Crippen molar-refractivity contribution < 1.29 is 14.3 Å². The monoisotopic (exact) mass is 589 g/mol. The molecule has 1 aromatic heterocycles. The van der Waals surface area contributed by atoms with Crippen LogP contribution in [0.2, 0.25) is 0 Å². The molecule has 0 bridgehead atoms. The van der Waals surface area contributed by atoms with Crippen LogP contribution in [0.25, 0.3) is 0 Å². The molecule has 0 amide bonds. The van der Waals surface area contributed by atoms with Gasteiger partial charge in [0.15, 0.2) is 17.8 Å². The molecule has 0 fully saturated rings. The Balaban J connectivity index is 1.75. The average molecular weight is 590 g/mol. The van der Waals surface area contributed by atoms with E-state index in [1.54, 1.807) is 4.90 Å². The summed E-state index contributed by atoms with van der Waals surface area (Å²) in [6, 6.07) is 0. The lowest BCUT2D eigenvalue weighted by Gasteiger charge is -2.27. The Morgan fingerprint density at radius 3 is 1.86 bits per heavy atom. The lowest BCUT2D eigenvalue weighted by molar-refractivity contribution is -0.130. The van der Waals surface area contributed by atoms with Gasteiger partial charge >= 0.3 is 0 Å². The van der Waals surface area contributed by atoms with E-state index in [1.807, 2.05) is 0 Å². The SMILES string of the molecule is CCCCCCCCCCCC(=O)CCCOC(C(=O)CCCCCCCCCCC)N1CNc2c1nc(N)[nH]c2=O. The number of hydrogen-bond donors (Lipinski definition) is 3. The number of aromatic nitrogens is 2. The van der Waals surface area contributed by atoms with Crippen LogP contribution in [0.15, 0.2) is 4.79 Å². The molecule has 9 heteroatoms. The van der Waals surface area contributed by atoms with Crippen molar-refractivity contribution in [1.29, 1.82) is 0 Å². The molecule has 1 atom stereocenters. The van der Waals surface area contributed by atoms with E-state index >= 15 is 0 Å². The van der Waals surface area contributed by atoms with Gasteiger partial charge in [-0.1, -0.05) is 117 Å². The largest absolute Gasteiger partial charge is 0.369 e. The van der Waals surface area contributed by atoms with E-state index in [2.05, 4.69) is 29.1 Å². The van der Waals surface area contributed by atoms with Crippen molar-refractivity contribution >= 4 is 29.0 Å². The normalized spacial score (nSPS) is 13.2. The first kappa shape index (κ1) is 35.8. The molecule has 42 heavy (non-hydrogen) atoms. The average Bonchev–Trinajstić information content (AvgIpc) is 3.39. The van der Waals surface area contributed by atoms with E-state index in [-0.39, 0.29) is 29.7 Å². The first-order valence-corrected chi connectivity index (χ1v) is 17.0.